The Kier molecular flexibility index (Phi) is 4.48. The predicted octanol–water partition coefficient (Wildman–Crippen LogP) is 2.41. The molecule has 6 nitrogen and oxygen atoms in total. The molecule has 0 atom stereocenters. The van der Waals surface area contributed by atoms with Gasteiger partial charge in [0.05, 0.1) is 5.69 Å². The van der Waals surface area contributed by atoms with Crippen molar-refractivity contribution in [3.8, 4) is 5.69 Å². The van der Waals surface area contributed by atoms with E-state index in [2.05, 4.69) is 10.4 Å². The van der Waals surface area contributed by atoms with Crippen molar-refractivity contribution >= 4 is 29.4 Å². The first-order chi connectivity index (χ1) is 12.2. The van der Waals surface area contributed by atoms with E-state index in [4.69, 9.17) is 0 Å². The van der Waals surface area contributed by atoms with E-state index in [9.17, 15) is 9.59 Å². The van der Waals surface area contributed by atoms with Crippen molar-refractivity contribution in [2.24, 2.45) is 5.92 Å². The molecule has 25 heavy (non-hydrogen) atoms. The summed E-state index contributed by atoms with van der Waals surface area (Å²) in [5.41, 5.74) is 1.20. The van der Waals surface area contributed by atoms with E-state index in [0.29, 0.717) is 11.5 Å². The van der Waals surface area contributed by atoms with E-state index < -0.39 is 0 Å². The average molecular weight is 356 g/mol. The Hall–Kier alpha value is -2.28. The summed E-state index contributed by atoms with van der Waals surface area (Å²) in [5.74, 6) is 2.49. The molecule has 0 bridgehead atoms. The van der Waals surface area contributed by atoms with Crippen LogP contribution in [0.5, 0.6) is 0 Å². The van der Waals surface area contributed by atoms with E-state index in [1.807, 2.05) is 47.0 Å². The van der Waals surface area contributed by atoms with Crippen molar-refractivity contribution in [1.29, 1.82) is 0 Å². The van der Waals surface area contributed by atoms with Gasteiger partial charge in [-0.25, -0.2) is 4.68 Å². The van der Waals surface area contributed by atoms with Crippen LogP contribution in [0, 0.1) is 5.92 Å². The highest BCUT2D eigenvalue weighted by atomic mass is 32.2. The zero-order valence-corrected chi connectivity index (χ0v) is 14.7. The summed E-state index contributed by atoms with van der Waals surface area (Å²) in [5, 5.41) is 7.43. The number of thioether (sulfide) groups is 1. The smallest absolute Gasteiger partial charge is 0.274 e. The van der Waals surface area contributed by atoms with Gasteiger partial charge in [0.25, 0.3) is 5.91 Å². The first-order valence-electron chi connectivity index (χ1n) is 8.56. The van der Waals surface area contributed by atoms with Crippen LogP contribution in [0.2, 0.25) is 0 Å². The van der Waals surface area contributed by atoms with Crippen molar-refractivity contribution in [1.82, 2.24) is 14.7 Å². The standard InChI is InChI=1S/C18H20N4O2S/c23-17(13-6-7-13)19-16-12-15(18(24)21-8-10-25-11-9-21)20-22(16)14-4-2-1-3-5-14/h1-5,12-13H,6-11H2,(H,19,23). The fraction of sp³-hybridized carbons (Fsp3) is 0.389. The van der Waals surface area contributed by atoms with Crippen LogP contribution < -0.4 is 5.32 Å². The molecule has 4 rings (SSSR count). The van der Waals surface area contributed by atoms with Crippen LogP contribution in [0.3, 0.4) is 0 Å². The van der Waals surface area contributed by atoms with Gasteiger partial charge in [-0.05, 0) is 25.0 Å². The van der Waals surface area contributed by atoms with E-state index in [0.717, 1.165) is 43.1 Å². The van der Waals surface area contributed by atoms with E-state index in [-0.39, 0.29) is 17.7 Å². The van der Waals surface area contributed by atoms with Crippen LogP contribution in [0.25, 0.3) is 5.69 Å². The van der Waals surface area contributed by atoms with Crippen LogP contribution in [0.4, 0.5) is 5.82 Å². The second kappa shape index (κ2) is 6.92. The molecule has 1 aliphatic carbocycles. The van der Waals surface area contributed by atoms with Crippen LogP contribution in [-0.4, -0.2) is 51.1 Å². The maximum absolute atomic E-state index is 12.8. The van der Waals surface area contributed by atoms with Crippen molar-refractivity contribution in [3.63, 3.8) is 0 Å². The fourth-order valence-corrected chi connectivity index (χ4v) is 3.75. The van der Waals surface area contributed by atoms with Crippen LogP contribution in [0.1, 0.15) is 23.3 Å². The maximum Gasteiger partial charge on any atom is 0.274 e. The molecule has 7 heteroatoms. The molecule has 1 saturated heterocycles. The van der Waals surface area contributed by atoms with Crippen LogP contribution in [-0.2, 0) is 4.79 Å². The average Bonchev–Trinajstić information content (AvgIpc) is 3.44. The Bertz CT molecular complexity index is 780. The number of carbonyl (C=O) groups excluding carboxylic acids is 2. The molecule has 1 aromatic heterocycles. The van der Waals surface area contributed by atoms with Crippen molar-refractivity contribution in [2.75, 3.05) is 29.9 Å². The molecule has 0 unspecified atom stereocenters. The van der Waals surface area contributed by atoms with Gasteiger partial charge in [-0.3, -0.25) is 9.59 Å². The van der Waals surface area contributed by atoms with Crippen LogP contribution >= 0.6 is 11.8 Å². The lowest BCUT2D eigenvalue weighted by atomic mass is 10.3. The molecule has 1 N–H and O–H groups in total. The van der Waals surface area contributed by atoms with E-state index in [1.165, 1.54) is 0 Å². The van der Waals surface area contributed by atoms with Gasteiger partial charge in [0, 0.05) is 36.6 Å². The molecule has 0 spiro atoms. The third kappa shape index (κ3) is 3.56. The monoisotopic (exact) mass is 356 g/mol. The molecule has 2 fully saturated rings. The molecule has 1 aliphatic heterocycles. The number of para-hydroxylation sites is 1. The Labute approximate surface area is 150 Å². The summed E-state index contributed by atoms with van der Waals surface area (Å²) < 4.78 is 1.65. The summed E-state index contributed by atoms with van der Waals surface area (Å²) in [6.45, 7) is 1.48. The number of amides is 2. The second-order valence-electron chi connectivity index (χ2n) is 6.33. The fourth-order valence-electron chi connectivity index (χ4n) is 2.84. The number of nitrogens with zero attached hydrogens (tertiary/aromatic N) is 3. The van der Waals surface area contributed by atoms with Crippen LogP contribution in [0.15, 0.2) is 36.4 Å². The molecule has 1 aromatic carbocycles. The van der Waals surface area contributed by atoms with Gasteiger partial charge < -0.3 is 10.2 Å². The molecule has 2 amide bonds. The third-order valence-electron chi connectivity index (χ3n) is 4.43. The highest BCUT2D eigenvalue weighted by Gasteiger charge is 2.31. The Morgan fingerprint density at radius 1 is 1.12 bits per heavy atom. The lowest BCUT2D eigenvalue weighted by Crippen LogP contribution is -2.38. The van der Waals surface area contributed by atoms with Gasteiger partial charge in [0.1, 0.15) is 5.82 Å². The normalized spacial score (nSPS) is 17.4. The third-order valence-corrected chi connectivity index (χ3v) is 5.37. The van der Waals surface area contributed by atoms with Gasteiger partial charge in [0.15, 0.2) is 5.69 Å². The van der Waals surface area contributed by atoms with Crippen molar-refractivity contribution in [3.05, 3.63) is 42.1 Å². The number of anilines is 1. The molecular formula is C18H20N4O2S. The van der Waals surface area contributed by atoms with Crippen molar-refractivity contribution in [2.45, 2.75) is 12.8 Å². The molecule has 0 radical (unpaired) electrons. The lowest BCUT2D eigenvalue weighted by Gasteiger charge is -2.25. The maximum atomic E-state index is 12.8. The highest BCUT2D eigenvalue weighted by molar-refractivity contribution is 7.99. The van der Waals surface area contributed by atoms with Gasteiger partial charge in [0.2, 0.25) is 5.91 Å². The zero-order chi connectivity index (χ0) is 17.2. The topological polar surface area (TPSA) is 67.2 Å². The Morgan fingerprint density at radius 2 is 1.84 bits per heavy atom. The zero-order valence-electron chi connectivity index (χ0n) is 13.9. The van der Waals surface area contributed by atoms with Gasteiger partial charge >= 0.3 is 0 Å². The van der Waals surface area contributed by atoms with Crippen molar-refractivity contribution < 1.29 is 9.59 Å². The summed E-state index contributed by atoms with van der Waals surface area (Å²) in [4.78, 5) is 26.8. The molecule has 2 aliphatic rings. The van der Waals surface area contributed by atoms with E-state index in [1.54, 1.807) is 10.7 Å². The lowest BCUT2D eigenvalue weighted by molar-refractivity contribution is -0.117. The number of benzene rings is 1. The number of hydrogen-bond acceptors (Lipinski definition) is 4. The minimum atomic E-state index is -0.0723. The molecule has 1 saturated carbocycles. The first kappa shape index (κ1) is 16.2. The second-order valence-corrected chi connectivity index (χ2v) is 7.56. The summed E-state index contributed by atoms with van der Waals surface area (Å²) in [6, 6.07) is 11.3. The number of rotatable bonds is 4. The predicted molar refractivity (Wildman–Crippen MR) is 98.1 cm³/mol. The minimum absolute atomic E-state index is 0.00505. The quantitative estimate of drug-likeness (QED) is 0.914. The Balaban J connectivity index is 1.64. The summed E-state index contributed by atoms with van der Waals surface area (Å²) >= 11 is 1.86. The molecule has 2 aromatic rings. The number of carbonyl (C=O) groups is 2. The SMILES string of the molecule is O=C(Nc1cc(C(=O)N2CCSCC2)nn1-c1ccccc1)C1CC1. The Morgan fingerprint density at radius 3 is 2.52 bits per heavy atom. The highest BCUT2D eigenvalue weighted by Crippen LogP contribution is 2.30. The van der Waals surface area contributed by atoms with Gasteiger partial charge in [-0.15, -0.1) is 0 Å². The van der Waals surface area contributed by atoms with Gasteiger partial charge in [-0.1, -0.05) is 18.2 Å². The number of nitrogens with one attached hydrogen (secondary N) is 1. The van der Waals surface area contributed by atoms with Gasteiger partial charge in [-0.2, -0.15) is 16.9 Å². The summed E-state index contributed by atoms with van der Waals surface area (Å²) in [7, 11) is 0. The molecular weight excluding hydrogens is 336 g/mol. The summed E-state index contributed by atoms with van der Waals surface area (Å²) in [6.07, 6.45) is 1.87. The minimum Gasteiger partial charge on any atom is -0.336 e. The number of hydrogen-bond donors (Lipinski definition) is 1. The number of aromatic nitrogens is 2. The molecule has 2 heterocycles. The largest absolute Gasteiger partial charge is 0.336 e. The molecule has 130 valence electrons. The first-order valence-corrected chi connectivity index (χ1v) is 9.71. The van der Waals surface area contributed by atoms with E-state index >= 15 is 0 Å².